The van der Waals surface area contributed by atoms with Gasteiger partial charge in [0.2, 0.25) is 0 Å². The molecule has 0 atom stereocenters. The minimum absolute atomic E-state index is 0.194. The van der Waals surface area contributed by atoms with E-state index in [1.807, 2.05) is 0 Å². The minimum Gasteiger partial charge on any atom is -0.482 e. The van der Waals surface area contributed by atoms with E-state index in [1.54, 1.807) is 0 Å². The normalized spacial score (nSPS) is 11.9. The first-order chi connectivity index (χ1) is 7.45. The molecule has 1 aliphatic rings. The highest BCUT2D eigenvalue weighted by molar-refractivity contribution is 6.00. The molecule has 0 radical (unpaired) electrons. The molecule has 0 spiro atoms. The van der Waals surface area contributed by atoms with Crippen molar-refractivity contribution >= 4 is 18.3 Å². The van der Waals surface area contributed by atoms with Crippen LogP contribution in [0.1, 0.15) is 13.8 Å². The fraction of sp³-hybridized carbons (Fsp3) is 0.364. The van der Waals surface area contributed by atoms with E-state index in [1.165, 1.54) is 20.2 Å². The fourth-order valence-corrected chi connectivity index (χ4v) is 0.522. The molecule has 0 fully saturated rings. The van der Waals surface area contributed by atoms with Crippen LogP contribution in [0.4, 0.5) is 0 Å². The Hall–Kier alpha value is -1.91. The van der Waals surface area contributed by atoms with Crippen LogP contribution in [0.5, 0.6) is 0 Å². The summed E-state index contributed by atoms with van der Waals surface area (Å²) in [6.07, 6.45) is 1.49. The summed E-state index contributed by atoms with van der Waals surface area (Å²) in [4.78, 5) is 25.1. The molecule has 16 heavy (non-hydrogen) atoms. The zero-order chi connectivity index (χ0) is 12.6. The number of aliphatic imine (C=N–C) groups is 1. The van der Waals surface area contributed by atoms with E-state index in [9.17, 15) is 9.59 Å². The van der Waals surface area contributed by atoms with Gasteiger partial charge in [0.15, 0.2) is 6.40 Å². The Balaban J connectivity index is 0.000000368. The lowest BCUT2D eigenvalue weighted by atomic mass is 10.3. The first kappa shape index (κ1) is 14.1. The van der Waals surface area contributed by atoms with Gasteiger partial charge < -0.3 is 9.47 Å². The van der Waals surface area contributed by atoms with Gasteiger partial charge in [0.05, 0.1) is 6.54 Å². The molecule has 0 aliphatic carbocycles. The zero-order valence-electron chi connectivity index (χ0n) is 9.49. The molecule has 0 aromatic rings. The molecule has 1 aliphatic heterocycles. The van der Waals surface area contributed by atoms with Gasteiger partial charge in [0.1, 0.15) is 6.61 Å². The smallest absolute Gasteiger partial charge is 0.340 e. The maximum atomic E-state index is 10.7. The Morgan fingerprint density at radius 1 is 1.25 bits per heavy atom. The van der Waals surface area contributed by atoms with Crippen LogP contribution in [0.3, 0.4) is 0 Å². The van der Waals surface area contributed by atoms with Gasteiger partial charge in [-0.1, -0.05) is 13.2 Å². The highest BCUT2D eigenvalue weighted by Gasteiger charge is 2.10. The fourth-order valence-electron chi connectivity index (χ4n) is 0.522. The van der Waals surface area contributed by atoms with Crippen molar-refractivity contribution in [3.8, 4) is 0 Å². The molecule has 0 aromatic carbocycles. The molecule has 0 amide bonds. The highest BCUT2D eigenvalue weighted by Crippen LogP contribution is 1.97. The third kappa shape index (κ3) is 6.53. The molecule has 1 heterocycles. The van der Waals surface area contributed by atoms with Crippen LogP contribution in [0.2, 0.25) is 0 Å². The number of carbonyl (C=O) groups is 2. The van der Waals surface area contributed by atoms with Gasteiger partial charge in [-0.3, -0.25) is 4.99 Å². The summed E-state index contributed by atoms with van der Waals surface area (Å²) in [5.41, 5.74) is 0.388. The average Bonchev–Trinajstić information content (AvgIpc) is 2.74. The van der Waals surface area contributed by atoms with E-state index >= 15 is 0 Å². The van der Waals surface area contributed by atoms with Gasteiger partial charge in [-0.2, -0.15) is 0 Å². The van der Waals surface area contributed by atoms with E-state index in [2.05, 4.69) is 27.6 Å². The van der Waals surface area contributed by atoms with Gasteiger partial charge in [0, 0.05) is 11.1 Å². The number of rotatable bonds is 2. The molecule has 1 rings (SSSR count). The van der Waals surface area contributed by atoms with Gasteiger partial charge in [-0.25, -0.2) is 9.59 Å². The topological polar surface area (TPSA) is 65.0 Å². The van der Waals surface area contributed by atoms with Crippen molar-refractivity contribution in [2.75, 3.05) is 13.2 Å². The lowest BCUT2D eigenvalue weighted by Crippen LogP contribution is -2.12. The van der Waals surface area contributed by atoms with Crippen LogP contribution in [-0.4, -0.2) is 31.5 Å². The van der Waals surface area contributed by atoms with Crippen LogP contribution >= 0.6 is 0 Å². The van der Waals surface area contributed by atoms with Crippen molar-refractivity contribution in [2.24, 2.45) is 4.99 Å². The van der Waals surface area contributed by atoms with Crippen molar-refractivity contribution in [3.05, 3.63) is 24.3 Å². The van der Waals surface area contributed by atoms with E-state index < -0.39 is 11.9 Å². The molecule has 0 N–H and O–H groups in total. The van der Waals surface area contributed by atoms with E-state index in [0.717, 1.165) is 13.2 Å². The lowest BCUT2D eigenvalue weighted by Gasteiger charge is -1.99. The summed E-state index contributed by atoms with van der Waals surface area (Å²) in [7, 11) is 0. The Labute approximate surface area is 94.5 Å². The first-order valence-electron chi connectivity index (χ1n) is 4.62. The average molecular weight is 225 g/mol. The molecule has 0 saturated heterocycles. The maximum Gasteiger partial charge on any atom is 0.340 e. The molecule has 0 unspecified atom stereocenters. The van der Waals surface area contributed by atoms with E-state index in [-0.39, 0.29) is 11.1 Å². The number of nitrogens with zero attached hydrogens (tertiary/aromatic N) is 1. The number of esters is 2. The predicted molar refractivity (Wildman–Crippen MR) is 60.0 cm³/mol. The SMILES string of the molecule is C1=NCCO1.C=C(C)C(=O)OC(=O)C(=C)C. The lowest BCUT2D eigenvalue weighted by molar-refractivity contribution is -0.153. The van der Waals surface area contributed by atoms with Crippen LogP contribution in [-0.2, 0) is 19.1 Å². The third-order valence-electron chi connectivity index (χ3n) is 1.37. The third-order valence-corrected chi connectivity index (χ3v) is 1.37. The van der Waals surface area contributed by atoms with Crippen LogP contribution in [0, 0.1) is 0 Å². The second-order valence-corrected chi connectivity index (χ2v) is 3.12. The minimum atomic E-state index is -0.710. The summed E-state index contributed by atoms with van der Waals surface area (Å²) in [6, 6.07) is 0. The molecule has 0 bridgehead atoms. The van der Waals surface area contributed by atoms with E-state index in [0.29, 0.717) is 0 Å². The summed E-state index contributed by atoms with van der Waals surface area (Å²) in [5.74, 6) is -1.42. The second kappa shape index (κ2) is 7.39. The Bertz CT molecular complexity index is 301. The van der Waals surface area contributed by atoms with Gasteiger partial charge >= 0.3 is 11.9 Å². The highest BCUT2D eigenvalue weighted by atomic mass is 16.6. The van der Waals surface area contributed by atoms with Crippen molar-refractivity contribution in [1.82, 2.24) is 0 Å². The Morgan fingerprint density at radius 2 is 1.75 bits per heavy atom. The summed E-state index contributed by atoms with van der Waals surface area (Å²) in [6.45, 7) is 11.2. The number of hydrogen-bond acceptors (Lipinski definition) is 5. The Kier molecular flexibility index (Phi) is 6.51. The largest absolute Gasteiger partial charge is 0.482 e. The quantitative estimate of drug-likeness (QED) is 0.403. The standard InChI is InChI=1S/C8H10O3.C3H5NO/c1-5(2)7(9)11-8(10)6(3)4;1-2-5-3-4-1/h1,3H2,2,4H3;3H,1-2H2. The van der Waals surface area contributed by atoms with Gasteiger partial charge in [0.25, 0.3) is 0 Å². The molecule has 88 valence electrons. The molecule has 5 nitrogen and oxygen atoms in total. The maximum absolute atomic E-state index is 10.7. The number of ether oxygens (including phenoxy) is 2. The van der Waals surface area contributed by atoms with Gasteiger partial charge in [-0.15, -0.1) is 0 Å². The van der Waals surface area contributed by atoms with Crippen molar-refractivity contribution < 1.29 is 19.1 Å². The van der Waals surface area contributed by atoms with Crippen LogP contribution < -0.4 is 0 Å². The molecule has 5 heteroatoms. The van der Waals surface area contributed by atoms with Crippen molar-refractivity contribution in [2.45, 2.75) is 13.8 Å². The summed E-state index contributed by atoms with van der Waals surface area (Å²) >= 11 is 0. The second-order valence-electron chi connectivity index (χ2n) is 3.12. The summed E-state index contributed by atoms with van der Waals surface area (Å²) < 4.78 is 8.95. The zero-order valence-corrected chi connectivity index (χ0v) is 9.49. The number of hydrogen-bond donors (Lipinski definition) is 0. The van der Waals surface area contributed by atoms with Crippen molar-refractivity contribution in [1.29, 1.82) is 0 Å². The first-order valence-corrected chi connectivity index (χ1v) is 4.62. The number of carbonyl (C=O) groups excluding carboxylic acids is 2. The van der Waals surface area contributed by atoms with Gasteiger partial charge in [-0.05, 0) is 13.8 Å². The predicted octanol–water partition coefficient (Wildman–Crippen LogP) is 1.25. The Morgan fingerprint density at radius 3 is 1.94 bits per heavy atom. The molecule has 0 saturated carbocycles. The monoisotopic (exact) mass is 225 g/mol. The molecule has 0 aromatic heterocycles. The van der Waals surface area contributed by atoms with Crippen molar-refractivity contribution in [3.63, 3.8) is 0 Å². The van der Waals surface area contributed by atoms with Crippen LogP contribution in [0.15, 0.2) is 29.3 Å². The van der Waals surface area contributed by atoms with E-state index in [4.69, 9.17) is 0 Å². The molecular formula is C11H15NO4. The molecular weight excluding hydrogens is 210 g/mol. The summed E-state index contributed by atoms with van der Waals surface area (Å²) in [5, 5.41) is 0. The van der Waals surface area contributed by atoms with Crippen LogP contribution in [0.25, 0.3) is 0 Å².